The van der Waals surface area contributed by atoms with Crippen LogP contribution in [0.2, 0.25) is 0 Å². The third-order valence-corrected chi connectivity index (χ3v) is 5.00. The monoisotopic (exact) mass is 345 g/mol. The highest BCUT2D eigenvalue weighted by Crippen LogP contribution is 2.33. The molecule has 0 aromatic heterocycles. The quantitative estimate of drug-likeness (QED) is 0.789. The van der Waals surface area contributed by atoms with Crippen LogP contribution in [0.15, 0.2) is 54.6 Å². The molecule has 3 atom stereocenters. The van der Waals surface area contributed by atoms with Gasteiger partial charge < -0.3 is 14.4 Å². The number of fused-ring (bicyclic) bond motifs is 2. The maximum absolute atomic E-state index is 5.98. The lowest BCUT2D eigenvalue weighted by atomic mass is 9.93. The van der Waals surface area contributed by atoms with Crippen molar-refractivity contribution in [3.05, 3.63) is 60.2 Å². The van der Waals surface area contributed by atoms with Crippen LogP contribution in [0.4, 0.5) is 0 Å². The number of ether oxygens (including phenoxy) is 2. The number of benzene rings is 2. The Morgan fingerprint density at radius 3 is 2.21 bits per heavy atom. The molecule has 0 spiro atoms. The topological polar surface area (TPSA) is 21.7 Å². The summed E-state index contributed by atoms with van der Waals surface area (Å²) in [4.78, 5) is 2.55. The lowest BCUT2D eigenvalue weighted by molar-refractivity contribution is 0.194. The van der Waals surface area contributed by atoms with Crippen molar-refractivity contribution in [2.75, 3.05) is 26.2 Å². The Kier molecular flexibility index (Phi) is 5.64. The molecule has 2 aromatic carbocycles. The van der Waals surface area contributed by atoms with Gasteiger partial charge in [0.2, 0.25) is 0 Å². The lowest BCUT2D eigenvalue weighted by Crippen LogP contribution is -2.27. The molecule has 2 bridgehead atoms. The molecule has 3 nitrogen and oxygen atoms in total. The zero-order valence-corrected chi connectivity index (χ0v) is 14.6. The van der Waals surface area contributed by atoms with Crippen LogP contribution >= 0.6 is 12.4 Å². The second-order valence-electron chi connectivity index (χ2n) is 6.63. The number of hydrogen-bond donors (Lipinski definition) is 0. The van der Waals surface area contributed by atoms with Crippen molar-refractivity contribution in [3.8, 4) is 11.5 Å². The van der Waals surface area contributed by atoms with Crippen molar-refractivity contribution >= 4 is 12.4 Å². The van der Waals surface area contributed by atoms with Crippen LogP contribution in [0.5, 0.6) is 11.5 Å². The average Bonchev–Trinajstić information content (AvgIpc) is 3.23. The minimum Gasteiger partial charge on any atom is -0.493 e. The highest BCUT2D eigenvalue weighted by atomic mass is 35.5. The van der Waals surface area contributed by atoms with Crippen molar-refractivity contribution in [2.24, 2.45) is 11.8 Å². The Hall–Kier alpha value is -1.71. The molecule has 2 aromatic rings. The van der Waals surface area contributed by atoms with Crippen molar-refractivity contribution < 1.29 is 9.47 Å². The first-order valence-corrected chi connectivity index (χ1v) is 8.49. The molecule has 0 N–H and O–H groups in total. The third-order valence-electron chi connectivity index (χ3n) is 5.00. The van der Waals surface area contributed by atoms with E-state index in [0.717, 1.165) is 24.0 Å². The van der Waals surface area contributed by atoms with E-state index in [2.05, 4.69) is 17.0 Å². The van der Waals surface area contributed by atoms with Crippen LogP contribution in [-0.2, 0) is 6.61 Å². The fourth-order valence-corrected chi connectivity index (χ4v) is 3.66. The predicted molar refractivity (Wildman–Crippen MR) is 98.0 cm³/mol. The van der Waals surface area contributed by atoms with Gasteiger partial charge in [0, 0.05) is 19.0 Å². The third kappa shape index (κ3) is 4.03. The van der Waals surface area contributed by atoms with Gasteiger partial charge in [-0.15, -0.1) is 12.4 Å². The maximum Gasteiger partial charge on any atom is 0.120 e. The van der Waals surface area contributed by atoms with Gasteiger partial charge >= 0.3 is 0 Å². The minimum absolute atomic E-state index is 0. The van der Waals surface area contributed by atoms with Gasteiger partial charge in [-0.25, -0.2) is 0 Å². The summed E-state index contributed by atoms with van der Waals surface area (Å²) in [5.74, 6) is 3.38. The van der Waals surface area contributed by atoms with Gasteiger partial charge in [-0.1, -0.05) is 30.3 Å². The Bertz CT molecular complexity index is 632. The fourth-order valence-electron chi connectivity index (χ4n) is 3.66. The molecule has 0 amide bonds. The second-order valence-corrected chi connectivity index (χ2v) is 6.63. The molecule has 2 heterocycles. The summed E-state index contributed by atoms with van der Waals surface area (Å²) in [6.07, 6.45) is 1.35. The smallest absolute Gasteiger partial charge is 0.120 e. The zero-order chi connectivity index (χ0) is 15.5. The standard InChI is InChI=1S/C20H23NO2.ClH/c1-2-4-16(5-3-1)14-22-19-6-8-20(9-7-19)23-15-18-13-21-11-10-17(18)12-21;/h1-9,17-18H,10-15H2;1H. The summed E-state index contributed by atoms with van der Waals surface area (Å²) in [5, 5.41) is 0. The van der Waals surface area contributed by atoms with Gasteiger partial charge in [-0.05, 0) is 48.7 Å². The molecule has 2 aliphatic rings. The Morgan fingerprint density at radius 1 is 0.875 bits per heavy atom. The predicted octanol–water partition coefficient (Wildman–Crippen LogP) is 4.02. The van der Waals surface area contributed by atoms with Crippen LogP contribution in [0.25, 0.3) is 0 Å². The van der Waals surface area contributed by atoms with E-state index in [1.807, 2.05) is 42.5 Å². The highest BCUT2D eigenvalue weighted by Gasteiger charge is 2.38. The van der Waals surface area contributed by atoms with Crippen molar-refractivity contribution in [2.45, 2.75) is 13.0 Å². The molecule has 0 saturated carbocycles. The van der Waals surface area contributed by atoms with Crippen LogP contribution in [0.3, 0.4) is 0 Å². The van der Waals surface area contributed by atoms with Gasteiger partial charge in [-0.2, -0.15) is 0 Å². The Labute approximate surface area is 150 Å². The SMILES string of the molecule is Cl.c1ccc(COc2ccc(OCC3CN4CCC3C4)cc2)cc1. The van der Waals surface area contributed by atoms with Crippen LogP contribution in [0.1, 0.15) is 12.0 Å². The first kappa shape index (κ1) is 17.1. The van der Waals surface area contributed by atoms with Gasteiger partial charge in [0.15, 0.2) is 0 Å². The van der Waals surface area contributed by atoms with E-state index in [-0.39, 0.29) is 12.4 Å². The van der Waals surface area contributed by atoms with Gasteiger partial charge in [0.25, 0.3) is 0 Å². The van der Waals surface area contributed by atoms with Crippen LogP contribution in [0, 0.1) is 11.8 Å². The summed E-state index contributed by atoms with van der Waals surface area (Å²) in [6, 6.07) is 18.2. The van der Waals surface area contributed by atoms with E-state index in [4.69, 9.17) is 9.47 Å². The van der Waals surface area contributed by atoms with E-state index in [0.29, 0.717) is 12.5 Å². The summed E-state index contributed by atoms with van der Waals surface area (Å²) >= 11 is 0. The summed E-state index contributed by atoms with van der Waals surface area (Å²) in [6.45, 7) is 5.21. The molecule has 2 aliphatic heterocycles. The van der Waals surface area contributed by atoms with Crippen molar-refractivity contribution in [1.82, 2.24) is 4.90 Å². The molecule has 3 unspecified atom stereocenters. The van der Waals surface area contributed by atoms with Gasteiger partial charge in [-0.3, -0.25) is 0 Å². The van der Waals surface area contributed by atoms with Crippen LogP contribution in [-0.4, -0.2) is 31.1 Å². The number of rotatable bonds is 6. The largest absolute Gasteiger partial charge is 0.493 e. The summed E-state index contributed by atoms with van der Waals surface area (Å²) in [7, 11) is 0. The molecule has 0 radical (unpaired) electrons. The fraction of sp³-hybridized carbons (Fsp3) is 0.400. The molecule has 2 fully saturated rings. The van der Waals surface area contributed by atoms with E-state index in [1.165, 1.54) is 31.6 Å². The highest BCUT2D eigenvalue weighted by molar-refractivity contribution is 5.85. The lowest BCUT2D eigenvalue weighted by Gasteiger charge is -2.22. The van der Waals surface area contributed by atoms with Gasteiger partial charge in [0.1, 0.15) is 18.1 Å². The van der Waals surface area contributed by atoms with Crippen molar-refractivity contribution in [3.63, 3.8) is 0 Å². The molecule has 0 aliphatic carbocycles. The maximum atomic E-state index is 5.98. The molecule has 128 valence electrons. The number of hydrogen-bond acceptors (Lipinski definition) is 3. The second kappa shape index (κ2) is 7.91. The number of piperidine rings is 1. The summed E-state index contributed by atoms with van der Waals surface area (Å²) in [5.41, 5.74) is 1.18. The van der Waals surface area contributed by atoms with Gasteiger partial charge in [0.05, 0.1) is 6.61 Å². The Morgan fingerprint density at radius 2 is 1.58 bits per heavy atom. The Balaban J connectivity index is 0.00000169. The average molecular weight is 346 g/mol. The molecular formula is C20H24ClNO2. The van der Waals surface area contributed by atoms with Crippen molar-refractivity contribution in [1.29, 1.82) is 0 Å². The van der Waals surface area contributed by atoms with E-state index in [9.17, 15) is 0 Å². The van der Waals surface area contributed by atoms with E-state index >= 15 is 0 Å². The summed E-state index contributed by atoms with van der Waals surface area (Å²) < 4.78 is 11.8. The number of halogens is 1. The minimum atomic E-state index is 0. The molecule has 4 rings (SSSR count). The zero-order valence-electron chi connectivity index (χ0n) is 13.8. The first-order chi connectivity index (χ1) is 11.4. The molecular weight excluding hydrogens is 322 g/mol. The van der Waals surface area contributed by atoms with Crippen LogP contribution < -0.4 is 9.47 Å². The normalized spacial score (nSPS) is 24.4. The number of nitrogens with zero attached hydrogens (tertiary/aromatic N) is 1. The molecule has 2 saturated heterocycles. The molecule has 24 heavy (non-hydrogen) atoms. The first-order valence-electron chi connectivity index (χ1n) is 8.49. The van der Waals surface area contributed by atoms with E-state index < -0.39 is 0 Å². The van der Waals surface area contributed by atoms with E-state index in [1.54, 1.807) is 0 Å². The molecule has 4 heteroatoms.